The monoisotopic (exact) mass is 327 g/mol. The molecule has 120 valence electrons. The summed E-state index contributed by atoms with van der Waals surface area (Å²) < 4.78 is 31.1. The lowest BCUT2D eigenvalue weighted by Crippen LogP contribution is -2.40. The molecule has 22 heavy (non-hydrogen) atoms. The van der Waals surface area contributed by atoms with Crippen molar-refractivity contribution >= 4 is 22.0 Å². The van der Waals surface area contributed by atoms with Gasteiger partial charge >= 0.3 is 11.9 Å². The van der Waals surface area contributed by atoms with Crippen LogP contribution in [0.3, 0.4) is 0 Å². The Morgan fingerprint density at radius 3 is 2.64 bits per heavy atom. The molecule has 1 aliphatic heterocycles. The van der Waals surface area contributed by atoms with Gasteiger partial charge in [-0.25, -0.2) is 13.2 Å². The van der Waals surface area contributed by atoms with Gasteiger partial charge < -0.3 is 9.84 Å². The number of nitrogens with zero attached hydrogens (tertiary/aromatic N) is 1. The van der Waals surface area contributed by atoms with Crippen LogP contribution in [0.25, 0.3) is 0 Å². The lowest BCUT2D eigenvalue weighted by molar-refractivity contribution is -0.140. The van der Waals surface area contributed by atoms with Crippen molar-refractivity contribution in [1.29, 1.82) is 0 Å². The molecule has 1 aromatic rings. The maximum atomic E-state index is 12.7. The molecule has 1 fully saturated rings. The quantitative estimate of drug-likeness (QED) is 0.829. The van der Waals surface area contributed by atoms with Crippen molar-refractivity contribution in [2.45, 2.75) is 30.7 Å². The number of benzene rings is 1. The van der Waals surface area contributed by atoms with Crippen LogP contribution in [0.5, 0.6) is 0 Å². The number of methoxy groups -OCH3 is 1. The number of carbonyl (C=O) groups excluding carboxylic acids is 1. The normalized spacial score (nSPS) is 19.1. The fraction of sp³-hybridized carbons (Fsp3) is 0.429. The summed E-state index contributed by atoms with van der Waals surface area (Å²) in [6, 6.07) is 3.14. The Labute approximate surface area is 128 Å². The Bertz CT molecular complexity index is 712. The van der Waals surface area contributed by atoms with Gasteiger partial charge in [-0.1, -0.05) is 6.07 Å². The second-order valence-electron chi connectivity index (χ2n) is 5.08. The number of ether oxygens (including phenoxy) is 1. The molecule has 7 nitrogen and oxygen atoms in total. The molecule has 0 bridgehead atoms. The van der Waals surface area contributed by atoms with E-state index >= 15 is 0 Å². The van der Waals surface area contributed by atoms with Crippen LogP contribution in [0, 0.1) is 6.92 Å². The van der Waals surface area contributed by atoms with Crippen LogP contribution in [-0.4, -0.2) is 49.5 Å². The lowest BCUT2D eigenvalue weighted by atomic mass is 10.1. The molecule has 1 saturated heterocycles. The third kappa shape index (κ3) is 2.84. The van der Waals surface area contributed by atoms with Gasteiger partial charge in [-0.05, 0) is 37.5 Å². The van der Waals surface area contributed by atoms with Crippen molar-refractivity contribution in [3.63, 3.8) is 0 Å². The minimum atomic E-state index is -3.98. The van der Waals surface area contributed by atoms with Crippen molar-refractivity contribution in [1.82, 2.24) is 4.31 Å². The fourth-order valence-corrected chi connectivity index (χ4v) is 4.43. The number of rotatable bonds is 4. The summed E-state index contributed by atoms with van der Waals surface area (Å²) in [5, 5.41) is 9.16. The molecule has 0 unspecified atom stereocenters. The number of hydrogen-bond acceptors (Lipinski definition) is 5. The molecule has 2 rings (SSSR count). The van der Waals surface area contributed by atoms with E-state index in [1.165, 1.54) is 25.3 Å². The number of hydrogen-bond donors (Lipinski definition) is 1. The Balaban J connectivity index is 2.49. The van der Waals surface area contributed by atoms with Gasteiger partial charge in [0.2, 0.25) is 10.0 Å². The molecule has 1 aliphatic rings. The number of carbonyl (C=O) groups is 2. The lowest BCUT2D eigenvalue weighted by Gasteiger charge is -2.22. The number of carboxylic acid groups (broad SMARTS) is 1. The van der Waals surface area contributed by atoms with Gasteiger partial charge in [0.25, 0.3) is 0 Å². The molecule has 0 amide bonds. The first-order chi connectivity index (χ1) is 10.3. The average molecular weight is 327 g/mol. The first-order valence-electron chi connectivity index (χ1n) is 6.72. The number of aliphatic carboxylic acids is 1. The molecule has 0 aliphatic carbocycles. The molecule has 1 atom stereocenters. The number of sulfonamides is 1. The summed E-state index contributed by atoms with van der Waals surface area (Å²) in [7, 11) is -2.78. The predicted octanol–water partition coefficient (Wildman–Crippen LogP) is 1.02. The van der Waals surface area contributed by atoms with Gasteiger partial charge in [0.15, 0.2) is 0 Å². The van der Waals surface area contributed by atoms with Crippen LogP contribution >= 0.6 is 0 Å². The summed E-state index contributed by atoms with van der Waals surface area (Å²) in [5.41, 5.74) is 0.557. The maximum absolute atomic E-state index is 12.7. The Morgan fingerprint density at radius 1 is 1.36 bits per heavy atom. The first kappa shape index (κ1) is 16.4. The van der Waals surface area contributed by atoms with Crippen LogP contribution in [0.4, 0.5) is 0 Å². The Hall–Kier alpha value is -1.93. The highest BCUT2D eigenvalue weighted by atomic mass is 32.2. The molecule has 0 radical (unpaired) electrons. The predicted molar refractivity (Wildman–Crippen MR) is 77.1 cm³/mol. The van der Waals surface area contributed by atoms with Gasteiger partial charge in [-0.15, -0.1) is 0 Å². The average Bonchev–Trinajstić information content (AvgIpc) is 2.97. The summed E-state index contributed by atoms with van der Waals surface area (Å²) in [6.07, 6.45) is 0.774. The van der Waals surface area contributed by atoms with Gasteiger partial charge in [0.1, 0.15) is 6.04 Å². The molecule has 0 spiro atoms. The van der Waals surface area contributed by atoms with Gasteiger partial charge in [0.05, 0.1) is 17.6 Å². The highest BCUT2D eigenvalue weighted by molar-refractivity contribution is 7.89. The summed E-state index contributed by atoms with van der Waals surface area (Å²) in [6.45, 7) is 1.75. The number of aryl methyl sites for hydroxylation is 1. The molecular formula is C14H17NO6S. The van der Waals surface area contributed by atoms with E-state index in [2.05, 4.69) is 4.74 Å². The molecule has 8 heteroatoms. The standard InChI is InChI=1S/C14H17NO6S/c1-9-5-6-10(14(18)21-2)8-12(9)22(19,20)15-7-3-4-11(15)13(16)17/h5-6,8,11H,3-4,7H2,1-2H3,(H,16,17)/t11-/m1/s1. The van der Waals surface area contributed by atoms with Crippen molar-refractivity contribution in [3.05, 3.63) is 29.3 Å². The van der Waals surface area contributed by atoms with E-state index < -0.39 is 28.0 Å². The zero-order chi connectivity index (χ0) is 16.5. The number of carboxylic acids is 1. The third-order valence-corrected chi connectivity index (χ3v) is 5.73. The SMILES string of the molecule is COC(=O)c1ccc(C)c(S(=O)(=O)N2CCC[C@@H]2C(=O)O)c1. The third-order valence-electron chi connectivity index (χ3n) is 3.68. The summed E-state index contributed by atoms with van der Waals surface area (Å²) in [4.78, 5) is 22.7. The van der Waals surface area contributed by atoms with Crippen molar-refractivity contribution in [2.24, 2.45) is 0 Å². The molecule has 1 N–H and O–H groups in total. The van der Waals surface area contributed by atoms with Crippen LogP contribution in [-0.2, 0) is 19.6 Å². The largest absolute Gasteiger partial charge is 0.480 e. The summed E-state index contributed by atoms with van der Waals surface area (Å²) >= 11 is 0. The van der Waals surface area contributed by atoms with Gasteiger partial charge in [-0.2, -0.15) is 4.31 Å². The Morgan fingerprint density at radius 2 is 2.05 bits per heavy atom. The van der Waals surface area contributed by atoms with E-state index in [0.29, 0.717) is 12.0 Å². The second kappa shape index (κ2) is 6.05. The topological polar surface area (TPSA) is 101 Å². The smallest absolute Gasteiger partial charge is 0.337 e. The summed E-state index contributed by atoms with van der Waals surface area (Å²) in [5.74, 6) is -1.81. The van der Waals surface area contributed by atoms with Crippen molar-refractivity contribution < 1.29 is 27.9 Å². The number of esters is 1. The van der Waals surface area contributed by atoms with E-state index in [4.69, 9.17) is 5.11 Å². The molecule has 0 saturated carbocycles. The van der Waals surface area contributed by atoms with Gasteiger partial charge in [0, 0.05) is 6.54 Å². The minimum Gasteiger partial charge on any atom is -0.480 e. The van der Waals surface area contributed by atoms with Crippen LogP contribution in [0.15, 0.2) is 23.1 Å². The molecular weight excluding hydrogens is 310 g/mol. The van der Waals surface area contributed by atoms with E-state index in [9.17, 15) is 18.0 Å². The fourth-order valence-electron chi connectivity index (χ4n) is 2.52. The van der Waals surface area contributed by atoms with Crippen LogP contribution in [0.1, 0.15) is 28.8 Å². The zero-order valence-corrected chi connectivity index (χ0v) is 13.1. The van der Waals surface area contributed by atoms with Gasteiger partial charge in [-0.3, -0.25) is 4.79 Å². The molecule has 1 heterocycles. The molecule has 1 aromatic carbocycles. The van der Waals surface area contributed by atoms with Crippen molar-refractivity contribution in [2.75, 3.05) is 13.7 Å². The van der Waals surface area contributed by atoms with E-state index in [0.717, 1.165) is 4.31 Å². The minimum absolute atomic E-state index is 0.0662. The van der Waals surface area contributed by atoms with E-state index in [-0.39, 0.29) is 23.4 Å². The van der Waals surface area contributed by atoms with Crippen molar-refractivity contribution in [3.8, 4) is 0 Å². The van der Waals surface area contributed by atoms with Crippen LogP contribution < -0.4 is 0 Å². The Kier molecular flexibility index (Phi) is 4.52. The second-order valence-corrected chi connectivity index (χ2v) is 6.94. The highest BCUT2D eigenvalue weighted by Crippen LogP contribution is 2.28. The zero-order valence-electron chi connectivity index (χ0n) is 12.3. The molecule has 0 aromatic heterocycles. The van der Waals surface area contributed by atoms with Crippen LogP contribution in [0.2, 0.25) is 0 Å². The van der Waals surface area contributed by atoms with E-state index in [1.807, 2.05) is 0 Å². The first-order valence-corrected chi connectivity index (χ1v) is 8.16. The van der Waals surface area contributed by atoms with E-state index in [1.54, 1.807) is 6.92 Å². The highest BCUT2D eigenvalue weighted by Gasteiger charge is 2.40. The maximum Gasteiger partial charge on any atom is 0.337 e.